The molecule has 0 bridgehead atoms. The summed E-state index contributed by atoms with van der Waals surface area (Å²) in [5.74, 6) is 0. The largest absolute Gasteiger partial charge is 0.399 e. The van der Waals surface area contributed by atoms with Crippen LogP contribution in [0.4, 0.5) is 11.4 Å². The van der Waals surface area contributed by atoms with Crippen molar-refractivity contribution in [2.24, 2.45) is 0 Å². The van der Waals surface area contributed by atoms with Gasteiger partial charge in [-0.3, -0.25) is 0 Å². The maximum Gasteiger partial charge on any atom is 0.0320 e. The van der Waals surface area contributed by atoms with E-state index < -0.39 is 0 Å². The maximum atomic E-state index is 5.94. The van der Waals surface area contributed by atoms with Gasteiger partial charge < -0.3 is 11.5 Å². The molecule has 108 valence electrons. The van der Waals surface area contributed by atoms with Crippen molar-refractivity contribution in [2.75, 3.05) is 11.5 Å². The molecule has 3 aromatic carbocycles. The summed E-state index contributed by atoms with van der Waals surface area (Å²) in [6.45, 7) is 0. The summed E-state index contributed by atoms with van der Waals surface area (Å²) in [4.78, 5) is 0. The summed E-state index contributed by atoms with van der Waals surface area (Å²) in [7, 11) is 0. The van der Waals surface area contributed by atoms with Gasteiger partial charge in [0, 0.05) is 11.4 Å². The predicted molar refractivity (Wildman–Crippen MR) is 96.1 cm³/mol. The molecule has 0 aliphatic rings. The smallest absolute Gasteiger partial charge is 0.0320 e. The van der Waals surface area contributed by atoms with Gasteiger partial charge in [0.25, 0.3) is 0 Å². The van der Waals surface area contributed by atoms with Crippen LogP contribution in [-0.2, 0) is 0 Å². The Morgan fingerprint density at radius 3 is 2.05 bits per heavy atom. The Labute approximate surface area is 130 Å². The fourth-order valence-corrected chi connectivity index (χ4v) is 2.39. The lowest BCUT2D eigenvalue weighted by atomic mass is 9.98. The second kappa shape index (κ2) is 6.19. The molecule has 0 aliphatic heterocycles. The van der Waals surface area contributed by atoms with E-state index in [1.165, 1.54) is 0 Å². The molecule has 3 aromatic rings. The molecule has 4 N–H and O–H groups in total. The summed E-state index contributed by atoms with van der Waals surface area (Å²) in [5, 5.41) is 0. The molecule has 0 saturated carbocycles. The number of rotatable bonds is 3. The minimum atomic E-state index is 0.756. The van der Waals surface area contributed by atoms with Crippen LogP contribution >= 0.6 is 0 Å². The summed E-state index contributed by atoms with van der Waals surface area (Å²) in [6.07, 6.45) is 4.19. The fourth-order valence-electron chi connectivity index (χ4n) is 2.39. The molecule has 0 aromatic heterocycles. The average molecular weight is 286 g/mol. The zero-order valence-corrected chi connectivity index (χ0v) is 12.2. The highest BCUT2D eigenvalue weighted by atomic mass is 14.5. The molecule has 0 unspecified atom stereocenters. The van der Waals surface area contributed by atoms with E-state index in [-0.39, 0.29) is 0 Å². The fraction of sp³-hybridized carbons (Fsp3) is 0. The molecule has 0 atom stereocenters. The molecule has 0 fully saturated rings. The minimum Gasteiger partial charge on any atom is -0.399 e. The third-order valence-electron chi connectivity index (χ3n) is 3.55. The van der Waals surface area contributed by atoms with Gasteiger partial charge in [0.2, 0.25) is 0 Å². The summed E-state index contributed by atoms with van der Waals surface area (Å²) in [6, 6.07) is 24.1. The van der Waals surface area contributed by atoms with Crippen molar-refractivity contribution < 1.29 is 0 Å². The van der Waals surface area contributed by atoms with Crippen molar-refractivity contribution in [2.45, 2.75) is 0 Å². The minimum absolute atomic E-state index is 0.756. The highest BCUT2D eigenvalue weighted by Crippen LogP contribution is 2.28. The van der Waals surface area contributed by atoms with Crippen molar-refractivity contribution in [3.8, 4) is 11.1 Å². The van der Waals surface area contributed by atoms with Crippen molar-refractivity contribution in [3.63, 3.8) is 0 Å². The van der Waals surface area contributed by atoms with Crippen LogP contribution in [-0.4, -0.2) is 0 Å². The number of benzene rings is 3. The first-order valence-corrected chi connectivity index (χ1v) is 7.21. The SMILES string of the molecule is Nc1ccc(-c2ccc(N)cc2C=Cc2ccccc2)cc1. The Morgan fingerprint density at radius 1 is 0.636 bits per heavy atom. The second-order valence-corrected chi connectivity index (χ2v) is 5.21. The molecule has 0 spiro atoms. The number of hydrogen-bond donors (Lipinski definition) is 2. The molecule has 2 nitrogen and oxygen atoms in total. The van der Waals surface area contributed by atoms with E-state index in [4.69, 9.17) is 11.5 Å². The van der Waals surface area contributed by atoms with Gasteiger partial charge >= 0.3 is 0 Å². The topological polar surface area (TPSA) is 52.0 Å². The van der Waals surface area contributed by atoms with E-state index in [1.54, 1.807) is 0 Å². The van der Waals surface area contributed by atoms with Gasteiger partial charge in [-0.05, 0) is 46.5 Å². The normalized spacial score (nSPS) is 10.9. The van der Waals surface area contributed by atoms with Crippen LogP contribution in [0.15, 0.2) is 72.8 Å². The number of hydrogen-bond acceptors (Lipinski definition) is 2. The molecule has 0 saturated heterocycles. The highest BCUT2D eigenvalue weighted by molar-refractivity contribution is 5.82. The van der Waals surface area contributed by atoms with E-state index in [9.17, 15) is 0 Å². The number of anilines is 2. The Morgan fingerprint density at radius 2 is 1.32 bits per heavy atom. The summed E-state index contributed by atoms with van der Waals surface area (Å²) < 4.78 is 0. The van der Waals surface area contributed by atoms with Crippen molar-refractivity contribution in [3.05, 3.63) is 83.9 Å². The van der Waals surface area contributed by atoms with E-state index >= 15 is 0 Å². The standard InChI is InChI=1S/C20H18N2/c21-18-10-8-16(9-11-18)20-13-12-19(22)14-17(20)7-6-15-4-2-1-3-5-15/h1-14H,21-22H2. The number of nitrogens with two attached hydrogens (primary N) is 2. The third kappa shape index (κ3) is 3.18. The van der Waals surface area contributed by atoms with Gasteiger partial charge in [0.15, 0.2) is 0 Å². The van der Waals surface area contributed by atoms with Crippen LogP contribution in [0.25, 0.3) is 23.3 Å². The van der Waals surface area contributed by atoms with Gasteiger partial charge in [-0.25, -0.2) is 0 Å². The zero-order chi connectivity index (χ0) is 15.4. The third-order valence-corrected chi connectivity index (χ3v) is 3.55. The lowest BCUT2D eigenvalue weighted by molar-refractivity contribution is 1.58. The van der Waals surface area contributed by atoms with Crippen LogP contribution in [0.2, 0.25) is 0 Å². The van der Waals surface area contributed by atoms with Crippen molar-refractivity contribution in [1.29, 1.82) is 0 Å². The van der Waals surface area contributed by atoms with E-state index in [1.807, 2.05) is 60.7 Å². The van der Waals surface area contributed by atoms with Gasteiger partial charge in [-0.2, -0.15) is 0 Å². The van der Waals surface area contributed by atoms with Gasteiger partial charge in [-0.15, -0.1) is 0 Å². The van der Waals surface area contributed by atoms with E-state index in [0.717, 1.165) is 33.6 Å². The lowest BCUT2D eigenvalue weighted by Gasteiger charge is -2.08. The van der Waals surface area contributed by atoms with E-state index in [2.05, 4.69) is 24.3 Å². The maximum absolute atomic E-state index is 5.94. The summed E-state index contributed by atoms with van der Waals surface area (Å²) >= 11 is 0. The Balaban J connectivity index is 2.01. The molecule has 22 heavy (non-hydrogen) atoms. The molecular weight excluding hydrogens is 268 g/mol. The molecule has 0 amide bonds. The monoisotopic (exact) mass is 286 g/mol. The van der Waals surface area contributed by atoms with Crippen LogP contribution < -0.4 is 11.5 Å². The Hall–Kier alpha value is -3.00. The summed E-state index contributed by atoms with van der Waals surface area (Å²) in [5.41, 5.74) is 17.8. The molecular formula is C20H18N2. The quantitative estimate of drug-likeness (QED) is 0.542. The van der Waals surface area contributed by atoms with Crippen LogP contribution in [0.3, 0.4) is 0 Å². The average Bonchev–Trinajstić information content (AvgIpc) is 2.55. The van der Waals surface area contributed by atoms with Gasteiger partial charge in [0.05, 0.1) is 0 Å². The molecule has 3 rings (SSSR count). The molecule has 2 heteroatoms. The highest BCUT2D eigenvalue weighted by Gasteiger charge is 2.03. The van der Waals surface area contributed by atoms with Crippen LogP contribution in [0.1, 0.15) is 11.1 Å². The van der Waals surface area contributed by atoms with Gasteiger partial charge in [-0.1, -0.05) is 60.7 Å². The zero-order valence-electron chi connectivity index (χ0n) is 12.2. The second-order valence-electron chi connectivity index (χ2n) is 5.21. The Kier molecular flexibility index (Phi) is 3.92. The molecule has 0 radical (unpaired) electrons. The Bertz CT molecular complexity index is 788. The first-order chi connectivity index (χ1) is 10.7. The predicted octanol–water partition coefficient (Wildman–Crippen LogP) is 4.69. The first-order valence-electron chi connectivity index (χ1n) is 7.21. The van der Waals surface area contributed by atoms with Crippen molar-refractivity contribution >= 4 is 23.5 Å². The molecule has 0 aliphatic carbocycles. The van der Waals surface area contributed by atoms with Crippen molar-refractivity contribution in [1.82, 2.24) is 0 Å². The lowest BCUT2D eigenvalue weighted by Crippen LogP contribution is -1.90. The van der Waals surface area contributed by atoms with Gasteiger partial charge in [0.1, 0.15) is 0 Å². The van der Waals surface area contributed by atoms with E-state index in [0.29, 0.717) is 0 Å². The van der Waals surface area contributed by atoms with Crippen LogP contribution in [0.5, 0.6) is 0 Å². The number of nitrogen functional groups attached to an aromatic ring is 2. The van der Waals surface area contributed by atoms with Crippen LogP contribution in [0, 0.1) is 0 Å². The molecule has 0 heterocycles. The first kappa shape index (κ1) is 14.0.